The first-order chi connectivity index (χ1) is 11.1. The maximum absolute atomic E-state index is 11.6. The van der Waals surface area contributed by atoms with Crippen molar-refractivity contribution in [1.82, 2.24) is 0 Å². The second kappa shape index (κ2) is 20.9. The molecule has 2 rings (SSSR count). The van der Waals surface area contributed by atoms with Crippen molar-refractivity contribution in [3.8, 4) is 0 Å². The standard InChI is InChI=1S/C10H14O2.5CO.W/c1-6-3-10(11)7(2)9-5-12-4-8(6)9;5*1-2;/h6-9H,3,5H2,1-2H3;;;;;;/t6-,7-,8+,9-;;;;;;/m0....../s1. The molecule has 1 aliphatic heterocycles. The third kappa shape index (κ3) is 9.58. The normalized spacial score (nSPS) is 25.9. The molecule has 8 heteroatoms. The molecule has 122 valence electrons. The zero-order valence-electron chi connectivity index (χ0n) is 12.5. The molecule has 1 aliphatic carbocycles. The summed E-state index contributed by atoms with van der Waals surface area (Å²) >= 11 is 1.44. The third-order valence-corrected chi connectivity index (χ3v) is 4.84. The van der Waals surface area contributed by atoms with Gasteiger partial charge in [0, 0.05) is 0 Å². The summed E-state index contributed by atoms with van der Waals surface area (Å²) in [6.45, 7) is 27.5. The predicted octanol–water partition coefficient (Wildman–Crippen LogP) is 0.983. The van der Waals surface area contributed by atoms with Crippen molar-refractivity contribution in [3.63, 3.8) is 0 Å². The van der Waals surface area contributed by atoms with E-state index < -0.39 is 0 Å². The molecule has 23 heavy (non-hydrogen) atoms. The first-order valence-corrected chi connectivity index (χ1v) is 7.29. The van der Waals surface area contributed by atoms with Crippen molar-refractivity contribution in [3.05, 3.63) is 33.3 Å². The minimum absolute atomic E-state index is 0.220. The number of rotatable bonds is 0. The average Bonchev–Trinajstić information content (AvgIpc) is 3.04. The molecule has 1 saturated heterocycles. The maximum atomic E-state index is 11.6. The number of ether oxygens (including phenoxy) is 1. The molecule has 1 saturated carbocycles. The van der Waals surface area contributed by atoms with Crippen LogP contribution in [0.25, 0.3) is 0 Å². The molecule has 0 aromatic rings. The molecule has 0 aromatic heterocycles. The summed E-state index contributed by atoms with van der Waals surface area (Å²) < 4.78 is 44.3. The number of Topliss-reactive ketones (excluding diaryl/α,β-unsaturated/α-hetero) is 1. The summed E-state index contributed by atoms with van der Waals surface area (Å²) in [6, 6.07) is 0. The quantitative estimate of drug-likeness (QED) is 0.371. The Balaban J connectivity index is -0.000000156. The molecule has 0 radical (unpaired) electrons. The third-order valence-electron chi connectivity index (χ3n) is 3.44. The minimum atomic E-state index is 0.220. The molecular formula is C15H14O7W. The van der Waals surface area contributed by atoms with Crippen molar-refractivity contribution in [2.24, 2.45) is 23.7 Å². The van der Waals surface area contributed by atoms with Crippen LogP contribution in [0.1, 0.15) is 20.3 Å². The van der Waals surface area contributed by atoms with E-state index in [9.17, 15) is 4.79 Å². The topological polar surface area (TPSA) is 126 Å². The Kier molecular flexibility index (Phi) is 27.1. The van der Waals surface area contributed by atoms with Gasteiger partial charge in [0.05, 0.1) is 0 Å². The van der Waals surface area contributed by atoms with Gasteiger partial charge in [0.25, 0.3) is 0 Å². The van der Waals surface area contributed by atoms with Crippen LogP contribution in [0.2, 0.25) is 0 Å². The van der Waals surface area contributed by atoms with Crippen molar-refractivity contribution in [1.29, 1.82) is 0 Å². The Morgan fingerprint density at radius 2 is 1.35 bits per heavy atom. The van der Waals surface area contributed by atoms with Crippen LogP contribution in [-0.2, 0) is 52.1 Å². The summed E-state index contributed by atoms with van der Waals surface area (Å²) in [6.07, 6.45) is 0.752. The van der Waals surface area contributed by atoms with E-state index in [2.05, 4.69) is 47.1 Å². The Morgan fingerprint density at radius 1 is 0.957 bits per heavy atom. The van der Waals surface area contributed by atoms with E-state index >= 15 is 0 Å². The van der Waals surface area contributed by atoms with E-state index in [-0.39, 0.29) is 5.92 Å². The van der Waals surface area contributed by atoms with Gasteiger partial charge in [-0.05, 0) is 0 Å². The van der Waals surface area contributed by atoms with Crippen LogP contribution < -0.4 is 0 Å². The van der Waals surface area contributed by atoms with E-state index in [4.69, 9.17) is 28.0 Å². The van der Waals surface area contributed by atoms with Gasteiger partial charge in [-0.3, -0.25) is 0 Å². The molecule has 0 N–H and O–H groups in total. The fourth-order valence-corrected chi connectivity index (χ4v) is 4.24. The average molecular weight is 490 g/mol. The Hall–Kier alpha value is -1.11. The first kappa shape index (κ1) is 29.8. The number of hydrogen-bond acceptors (Lipinski definition) is 2. The van der Waals surface area contributed by atoms with Gasteiger partial charge in [-0.2, -0.15) is 0 Å². The molecule has 0 unspecified atom stereocenters. The van der Waals surface area contributed by atoms with Crippen LogP contribution in [-0.4, -0.2) is 16.5 Å². The van der Waals surface area contributed by atoms with Crippen LogP contribution in [0.3, 0.4) is 0 Å². The van der Waals surface area contributed by atoms with Crippen molar-refractivity contribution >= 4 is 9.87 Å². The van der Waals surface area contributed by atoms with E-state index in [1.165, 1.54) is 23.4 Å². The summed E-state index contributed by atoms with van der Waals surface area (Å²) in [5.74, 6) is 2.20. The van der Waals surface area contributed by atoms with Crippen LogP contribution in [0.15, 0.2) is 0 Å². The van der Waals surface area contributed by atoms with Crippen molar-refractivity contribution in [2.45, 2.75) is 20.3 Å². The van der Waals surface area contributed by atoms with Gasteiger partial charge in [-0.1, -0.05) is 0 Å². The second-order valence-corrected chi connectivity index (χ2v) is 5.70. The molecule has 1 heterocycles. The van der Waals surface area contributed by atoms with E-state index in [1.54, 1.807) is 0 Å². The molecule has 4 atom stereocenters. The Morgan fingerprint density at radius 3 is 1.74 bits per heavy atom. The van der Waals surface area contributed by atoms with E-state index in [1.807, 2.05) is 0 Å². The van der Waals surface area contributed by atoms with Gasteiger partial charge in [-0.15, -0.1) is 0 Å². The fraction of sp³-hybridized carbons (Fsp3) is 0.533. The van der Waals surface area contributed by atoms with Gasteiger partial charge >= 0.3 is 146 Å². The van der Waals surface area contributed by atoms with Gasteiger partial charge in [-0.25, -0.2) is 0 Å². The number of fused-ring (bicyclic) bond motifs is 1. The number of carbonyl (C=O) groups excluding carboxylic acids is 1. The zero-order valence-corrected chi connectivity index (χ0v) is 15.4. The molecule has 0 amide bonds. The summed E-state index contributed by atoms with van der Waals surface area (Å²) in [5.41, 5.74) is 0. The molecule has 0 spiro atoms. The number of hydrogen-bond donors (Lipinski definition) is 0. The molecule has 0 aromatic carbocycles. The Labute approximate surface area is 146 Å². The zero-order chi connectivity index (χ0) is 19.6. The van der Waals surface area contributed by atoms with Crippen molar-refractivity contribution in [2.75, 3.05) is 6.61 Å². The van der Waals surface area contributed by atoms with Crippen LogP contribution in [0.5, 0.6) is 0 Å². The van der Waals surface area contributed by atoms with Crippen molar-refractivity contribution < 1.29 is 52.1 Å². The van der Waals surface area contributed by atoms with Crippen LogP contribution >= 0.6 is 0 Å². The molecule has 2 fully saturated rings. The van der Waals surface area contributed by atoms with Crippen LogP contribution in [0.4, 0.5) is 0 Å². The monoisotopic (exact) mass is 490 g/mol. The molecule has 2 aliphatic rings. The molecule has 7 nitrogen and oxygen atoms in total. The second-order valence-electron chi connectivity index (χ2n) is 4.26. The van der Waals surface area contributed by atoms with Gasteiger partial charge < -0.3 is 0 Å². The fourth-order valence-electron chi connectivity index (χ4n) is 2.53. The van der Waals surface area contributed by atoms with E-state index in [0.717, 1.165) is 13.0 Å². The van der Waals surface area contributed by atoms with Gasteiger partial charge in [0.2, 0.25) is 0 Å². The number of ketones is 1. The van der Waals surface area contributed by atoms with Gasteiger partial charge in [0.15, 0.2) is 0 Å². The summed E-state index contributed by atoms with van der Waals surface area (Å²) in [4.78, 5) is 11.6. The first-order valence-electron chi connectivity index (χ1n) is 5.82. The van der Waals surface area contributed by atoms with Crippen LogP contribution in [0, 0.1) is 56.9 Å². The molecular weight excluding hydrogens is 476 g/mol. The number of carbonyl (C=O) groups is 1. The van der Waals surface area contributed by atoms with E-state index in [0.29, 0.717) is 23.5 Å². The van der Waals surface area contributed by atoms with Gasteiger partial charge in [0.1, 0.15) is 0 Å². The summed E-state index contributed by atoms with van der Waals surface area (Å²) in [7, 11) is 0. The SMILES string of the molecule is C[C@@H]1C(=O)C[C@H](C)[C@H]2[C](=[W])OC[C@H]21.[C-]#[O+].[C-]#[O+].[C-]#[O+].[C-]#[O+].[C-]#[O+]. The molecule has 0 bridgehead atoms. The Bertz CT molecular complexity index is 410. The predicted molar refractivity (Wildman–Crippen MR) is 65.5 cm³/mol. The summed E-state index contributed by atoms with van der Waals surface area (Å²) in [5, 5.41) is 0.